The monoisotopic (exact) mass is 410 g/mol. The molecular formula is C24H27FN2O3. The number of anilines is 2. The van der Waals surface area contributed by atoms with Crippen LogP contribution in [0.4, 0.5) is 15.8 Å². The number of hydrogen-bond acceptors (Lipinski definition) is 4. The predicted octanol–water partition coefficient (Wildman–Crippen LogP) is 5.00. The highest BCUT2D eigenvalue weighted by Crippen LogP contribution is 2.51. The van der Waals surface area contributed by atoms with Crippen LogP contribution in [0.2, 0.25) is 0 Å². The Morgan fingerprint density at radius 1 is 1.23 bits per heavy atom. The molecule has 2 heterocycles. The summed E-state index contributed by atoms with van der Waals surface area (Å²) in [5, 5.41) is 6.32. The Hall–Kier alpha value is -2.76. The average molecular weight is 410 g/mol. The number of halogens is 1. The minimum absolute atomic E-state index is 0.107. The van der Waals surface area contributed by atoms with Crippen LogP contribution in [0.1, 0.15) is 51.2 Å². The number of fused-ring (bicyclic) bond motifs is 2. The molecule has 0 aromatic heterocycles. The average Bonchev–Trinajstić information content (AvgIpc) is 3.22. The van der Waals surface area contributed by atoms with E-state index >= 15 is 0 Å². The molecule has 1 aliphatic carbocycles. The molecule has 0 bridgehead atoms. The van der Waals surface area contributed by atoms with Gasteiger partial charge in [0.2, 0.25) is 12.7 Å². The molecule has 0 radical (unpaired) electrons. The van der Waals surface area contributed by atoms with Crippen LogP contribution in [0.15, 0.2) is 30.3 Å². The summed E-state index contributed by atoms with van der Waals surface area (Å²) >= 11 is 0. The van der Waals surface area contributed by atoms with Crippen molar-refractivity contribution < 1.29 is 18.7 Å². The van der Waals surface area contributed by atoms with E-state index < -0.39 is 11.2 Å². The van der Waals surface area contributed by atoms with E-state index in [1.165, 1.54) is 6.07 Å². The molecule has 5 nitrogen and oxygen atoms in total. The minimum atomic E-state index is -0.628. The van der Waals surface area contributed by atoms with Crippen molar-refractivity contribution in [3.05, 3.63) is 47.3 Å². The smallest absolute Gasteiger partial charge is 0.235 e. The van der Waals surface area contributed by atoms with Gasteiger partial charge in [-0.1, -0.05) is 26.8 Å². The first kappa shape index (κ1) is 19.2. The summed E-state index contributed by atoms with van der Waals surface area (Å²) in [6.07, 6.45) is 3.33. The van der Waals surface area contributed by atoms with Crippen LogP contribution in [0.25, 0.3) is 0 Å². The van der Waals surface area contributed by atoms with E-state index in [0.717, 1.165) is 42.5 Å². The molecule has 1 unspecified atom stereocenters. The van der Waals surface area contributed by atoms with Gasteiger partial charge in [0.05, 0.1) is 11.1 Å². The van der Waals surface area contributed by atoms with Crippen LogP contribution in [0.3, 0.4) is 0 Å². The molecular weight excluding hydrogens is 383 g/mol. The van der Waals surface area contributed by atoms with Gasteiger partial charge in [-0.2, -0.15) is 0 Å². The van der Waals surface area contributed by atoms with Crippen LogP contribution in [0, 0.1) is 11.2 Å². The van der Waals surface area contributed by atoms with Crippen LogP contribution in [0.5, 0.6) is 11.5 Å². The van der Waals surface area contributed by atoms with E-state index in [1.807, 2.05) is 18.2 Å². The summed E-state index contributed by atoms with van der Waals surface area (Å²) in [5.41, 5.74) is 2.49. The standard InChI is InChI=1S/C24H27FN2O3/c1-4-23(2,3)21-10-14-9-18(16(25)12-17(14)26-21)27-22(28)24(7-8-24)15-5-6-19-20(11-15)30-13-29-19/h5-6,9,11-12,21,26H,4,7-8,10,13H2,1-3H3,(H,27,28). The second kappa shape index (κ2) is 6.62. The van der Waals surface area contributed by atoms with E-state index in [0.29, 0.717) is 11.5 Å². The summed E-state index contributed by atoms with van der Waals surface area (Å²) in [7, 11) is 0. The third-order valence-electron chi connectivity index (χ3n) is 7.16. The van der Waals surface area contributed by atoms with Gasteiger partial charge in [0, 0.05) is 11.7 Å². The van der Waals surface area contributed by atoms with Gasteiger partial charge in [-0.15, -0.1) is 0 Å². The minimum Gasteiger partial charge on any atom is -0.454 e. The normalized spacial score (nSPS) is 20.5. The topological polar surface area (TPSA) is 59.6 Å². The molecule has 1 saturated carbocycles. The van der Waals surface area contributed by atoms with Crippen molar-refractivity contribution in [2.24, 2.45) is 5.41 Å². The summed E-state index contributed by atoms with van der Waals surface area (Å²) in [5.74, 6) is 0.769. The van der Waals surface area contributed by atoms with E-state index in [2.05, 4.69) is 31.4 Å². The lowest BCUT2D eigenvalue weighted by atomic mass is 9.80. The first-order chi connectivity index (χ1) is 14.3. The molecule has 0 spiro atoms. The largest absolute Gasteiger partial charge is 0.454 e. The van der Waals surface area contributed by atoms with Crippen LogP contribution in [-0.4, -0.2) is 18.7 Å². The van der Waals surface area contributed by atoms with E-state index in [4.69, 9.17) is 9.47 Å². The number of carbonyl (C=O) groups excluding carboxylic acids is 1. The van der Waals surface area contributed by atoms with Crippen molar-refractivity contribution in [3.8, 4) is 11.5 Å². The van der Waals surface area contributed by atoms with Crippen molar-refractivity contribution >= 4 is 17.3 Å². The molecule has 1 amide bonds. The molecule has 1 fully saturated rings. The van der Waals surface area contributed by atoms with E-state index in [9.17, 15) is 9.18 Å². The summed E-state index contributed by atoms with van der Waals surface area (Å²) < 4.78 is 25.6. The van der Waals surface area contributed by atoms with Crippen molar-refractivity contribution in [1.29, 1.82) is 0 Å². The Morgan fingerprint density at radius 3 is 2.73 bits per heavy atom. The molecule has 0 saturated heterocycles. The van der Waals surface area contributed by atoms with Crippen molar-refractivity contribution in [2.75, 3.05) is 17.4 Å². The highest BCUT2D eigenvalue weighted by atomic mass is 19.1. The first-order valence-electron chi connectivity index (χ1n) is 10.6. The summed E-state index contributed by atoms with van der Waals surface area (Å²) in [6.45, 7) is 6.81. The van der Waals surface area contributed by atoms with Gasteiger partial charge in [-0.3, -0.25) is 4.79 Å². The number of ether oxygens (including phenoxy) is 2. The zero-order valence-electron chi connectivity index (χ0n) is 17.6. The number of rotatable bonds is 5. The second-order valence-corrected chi connectivity index (χ2v) is 9.34. The van der Waals surface area contributed by atoms with Crippen LogP contribution < -0.4 is 20.1 Å². The van der Waals surface area contributed by atoms with Gasteiger partial charge in [0.15, 0.2) is 11.5 Å². The lowest BCUT2D eigenvalue weighted by molar-refractivity contribution is -0.118. The van der Waals surface area contributed by atoms with Crippen molar-refractivity contribution in [3.63, 3.8) is 0 Å². The van der Waals surface area contributed by atoms with Gasteiger partial charge in [0.1, 0.15) is 5.82 Å². The fourth-order valence-corrected chi connectivity index (χ4v) is 4.40. The first-order valence-corrected chi connectivity index (χ1v) is 10.6. The Morgan fingerprint density at radius 2 is 2.00 bits per heavy atom. The summed E-state index contributed by atoms with van der Waals surface area (Å²) in [6, 6.07) is 9.16. The van der Waals surface area contributed by atoms with E-state index in [1.54, 1.807) is 6.07 Å². The summed E-state index contributed by atoms with van der Waals surface area (Å²) in [4.78, 5) is 13.2. The van der Waals surface area contributed by atoms with Gasteiger partial charge in [0.25, 0.3) is 0 Å². The SMILES string of the molecule is CCC(C)(C)C1Cc2cc(NC(=O)C3(c4ccc5c(c4)OCO5)CC3)c(F)cc2N1. The number of nitrogens with one attached hydrogen (secondary N) is 2. The van der Waals surface area contributed by atoms with E-state index in [-0.39, 0.29) is 29.8 Å². The fraction of sp³-hybridized carbons (Fsp3) is 0.458. The molecule has 3 aliphatic rings. The Balaban J connectivity index is 1.37. The van der Waals surface area contributed by atoms with Gasteiger partial charge >= 0.3 is 0 Å². The molecule has 158 valence electrons. The lowest BCUT2D eigenvalue weighted by Crippen LogP contribution is -2.33. The maximum atomic E-state index is 14.8. The van der Waals surface area contributed by atoms with Crippen molar-refractivity contribution in [1.82, 2.24) is 0 Å². The highest BCUT2D eigenvalue weighted by Gasteiger charge is 2.52. The molecule has 2 N–H and O–H groups in total. The zero-order chi connectivity index (χ0) is 21.1. The molecule has 2 aromatic carbocycles. The van der Waals surface area contributed by atoms with Gasteiger partial charge < -0.3 is 20.1 Å². The highest BCUT2D eigenvalue weighted by molar-refractivity contribution is 6.01. The molecule has 2 aromatic rings. The Bertz CT molecular complexity index is 1030. The molecule has 2 aliphatic heterocycles. The molecule has 6 heteroatoms. The maximum Gasteiger partial charge on any atom is 0.235 e. The third-order valence-corrected chi connectivity index (χ3v) is 7.16. The third kappa shape index (κ3) is 3.01. The number of amides is 1. The number of carbonyl (C=O) groups is 1. The second-order valence-electron chi connectivity index (χ2n) is 9.34. The molecule has 1 atom stereocenters. The van der Waals surface area contributed by atoms with Crippen LogP contribution >= 0.6 is 0 Å². The van der Waals surface area contributed by atoms with Gasteiger partial charge in [-0.05, 0) is 66.5 Å². The number of hydrogen-bond donors (Lipinski definition) is 2. The van der Waals surface area contributed by atoms with Crippen LogP contribution in [-0.2, 0) is 16.6 Å². The Kier molecular flexibility index (Phi) is 4.24. The maximum absolute atomic E-state index is 14.8. The van der Waals surface area contributed by atoms with Gasteiger partial charge in [-0.25, -0.2) is 4.39 Å². The molecule has 30 heavy (non-hydrogen) atoms. The fourth-order valence-electron chi connectivity index (χ4n) is 4.40. The predicted molar refractivity (Wildman–Crippen MR) is 114 cm³/mol. The quantitative estimate of drug-likeness (QED) is 0.729. The van der Waals surface area contributed by atoms with Crippen molar-refractivity contribution in [2.45, 2.75) is 57.9 Å². The Labute approximate surface area is 176 Å². The molecule has 5 rings (SSSR count). The lowest BCUT2D eigenvalue weighted by Gasteiger charge is -2.30. The number of benzene rings is 2. The zero-order valence-corrected chi connectivity index (χ0v) is 17.6.